The molecule has 1 N–H and O–H groups in total. The first kappa shape index (κ1) is 15.4. The summed E-state index contributed by atoms with van der Waals surface area (Å²) >= 11 is 7.76. The molecule has 0 radical (unpaired) electrons. The third-order valence-electron chi connectivity index (χ3n) is 3.90. The van der Waals surface area contributed by atoms with Crippen molar-refractivity contribution in [2.75, 3.05) is 23.3 Å². The Labute approximate surface area is 139 Å². The highest BCUT2D eigenvalue weighted by atomic mass is 35.5. The Bertz CT molecular complexity index is 636. The van der Waals surface area contributed by atoms with Crippen molar-refractivity contribution in [3.05, 3.63) is 45.6 Å². The first-order valence-corrected chi connectivity index (χ1v) is 8.90. The summed E-state index contributed by atoms with van der Waals surface area (Å²) in [5, 5.41) is 7.80. The van der Waals surface area contributed by atoms with Crippen molar-refractivity contribution >= 4 is 40.2 Å². The summed E-state index contributed by atoms with van der Waals surface area (Å²) < 4.78 is 0. The number of anilines is 2. The summed E-state index contributed by atoms with van der Waals surface area (Å²) in [4.78, 5) is 14.5. The molecule has 0 atom stereocenters. The predicted octanol–water partition coefficient (Wildman–Crippen LogP) is 4.57. The molecule has 0 saturated carbocycles. The second kappa shape index (κ2) is 7.16. The zero-order chi connectivity index (χ0) is 15.4. The number of thiophene rings is 1. The highest BCUT2D eigenvalue weighted by Gasteiger charge is 2.17. The molecule has 3 nitrogen and oxygen atoms in total. The molecule has 2 heterocycles. The van der Waals surface area contributed by atoms with Gasteiger partial charge in [0.25, 0.3) is 0 Å². The lowest BCUT2D eigenvalue weighted by Gasteiger charge is -2.21. The zero-order valence-electron chi connectivity index (χ0n) is 12.3. The summed E-state index contributed by atoms with van der Waals surface area (Å²) in [5.41, 5.74) is 3.11. The van der Waals surface area contributed by atoms with Crippen LogP contribution in [0.5, 0.6) is 0 Å². The molecule has 0 spiro atoms. The van der Waals surface area contributed by atoms with Crippen molar-refractivity contribution in [1.82, 2.24) is 0 Å². The van der Waals surface area contributed by atoms with Gasteiger partial charge < -0.3 is 10.2 Å². The minimum Gasteiger partial charge on any atom is -0.370 e. The Morgan fingerprint density at radius 2 is 2.09 bits per heavy atom. The van der Waals surface area contributed by atoms with Crippen LogP contribution in [-0.2, 0) is 11.2 Å². The third kappa shape index (κ3) is 3.81. The molecule has 1 aliphatic rings. The van der Waals surface area contributed by atoms with Crippen LogP contribution < -0.4 is 10.2 Å². The molecule has 0 aliphatic carbocycles. The van der Waals surface area contributed by atoms with E-state index in [4.69, 9.17) is 11.6 Å². The number of carbonyl (C=O) groups is 1. The van der Waals surface area contributed by atoms with Gasteiger partial charge in [-0.2, -0.15) is 11.3 Å². The van der Waals surface area contributed by atoms with E-state index in [1.165, 1.54) is 18.4 Å². The fourth-order valence-corrected chi connectivity index (χ4v) is 3.62. The number of hydrogen-bond acceptors (Lipinski definition) is 3. The second-order valence-electron chi connectivity index (χ2n) is 5.54. The Balaban J connectivity index is 1.67. The quantitative estimate of drug-likeness (QED) is 0.868. The van der Waals surface area contributed by atoms with Gasteiger partial charge in [0, 0.05) is 24.5 Å². The Morgan fingerprint density at radius 3 is 2.82 bits per heavy atom. The number of aryl methyl sites for hydroxylation is 1. The molecule has 1 fully saturated rings. The Morgan fingerprint density at radius 1 is 1.27 bits per heavy atom. The van der Waals surface area contributed by atoms with Crippen LogP contribution in [0.15, 0.2) is 35.0 Å². The van der Waals surface area contributed by atoms with Crippen molar-refractivity contribution in [1.29, 1.82) is 0 Å². The average Bonchev–Trinajstić information content (AvgIpc) is 3.19. The largest absolute Gasteiger partial charge is 0.370 e. The molecular formula is C17H19ClN2OS. The van der Waals surface area contributed by atoms with Gasteiger partial charge in [0.15, 0.2) is 0 Å². The van der Waals surface area contributed by atoms with Crippen LogP contribution in [0.1, 0.15) is 24.8 Å². The van der Waals surface area contributed by atoms with E-state index in [2.05, 4.69) is 21.7 Å². The lowest BCUT2D eigenvalue weighted by Crippen LogP contribution is -2.21. The number of rotatable bonds is 5. The van der Waals surface area contributed by atoms with E-state index in [9.17, 15) is 4.79 Å². The van der Waals surface area contributed by atoms with Crippen molar-refractivity contribution in [2.45, 2.75) is 25.7 Å². The van der Waals surface area contributed by atoms with E-state index in [0.29, 0.717) is 11.4 Å². The minimum atomic E-state index is 0.0360. The molecule has 1 amide bonds. The number of carbonyl (C=O) groups excluding carboxylic acids is 1. The maximum atomic E-state index is 12.2. The predicted molar refractivity (Wildman–Crippen MR) is 94.2 cm³/mol. The van der Waals surface area contributed by atoms with E-state index < -0.39 is 0 Å². The molecule has 0 unspecified atom stereocenters. The van der Waals surface area contributed by atoms with Crippen LogP contribution in [0.25, 0.3) is 0 Å². The van der Waals surface area contributed by atoms with Gasteiger partial charge in [0.1, 0.15) is 0 Å². The van der Waals surface area contributed by atoms with E-state index in [-0.39, 0.29) is 5.91 Å². The second-order valence-corrected chi connectivity index (χ2v) is 6.75. The number of amides is 1. The monoisotopic (exact) mass is 334 g/mol. The van der Waals surface area contributed by atoms with Crippen LogP contribution in [0.2, 0.25) is 5.02 Å². The van der Waals surface area contributed by atoms with Crippen LogP contribution >= 0.6 is 22.9 Å². The molecule has 1 aliphatic heterocycles. The van der Waals surface area contributed by atoms with Gasteiger partial charge in [-0.1, -0.05) is 11.6 Å². The van der Waals surface area contributed by atoms with E-state index in [0.717, 1.165) is 30.9 Å². The normalized spacial score (nSPS) is 14.3. The minimum absolute atomic E-state index is 0.0360. The van der Waals surface area contributed by atoms with Gasteiger partial charge in [0.05, 0.1) is 11.4 Å². The van der Waals surface area contributed by atoms with Gasteiger partial charge in [-0.05, 0) is 59.9 Å². The SMILES string of the molecule is O=C(CCc1ccsc1)Nc1cc(Cl)ccc1N1CCCC1. The van der Waals surface area contributed by atoms with E-state index in [1.807, 2.05) is 23.6 Å². The highest BCUT2D eigenvalue weighted by Crippen LogP contribution is 2.31. The van der Waals surface area contributed by atoms with Gasteiger partial charge in [-0.15, -0.1) is 0 Å². The number of nitrogens with zero attached hydrogens (tertiary/aromatic N) is 1. The summed E-state index contributed by atoms with van der Waals surface area (Å²) in [7, 11) is 0. The summed E-state index contributed by atoms with van der Waals surface area (Å²) in [6.45, 7) is 2.08. The topological polar surface area (TPSA) is 32.3 Å². The van der Waals surface area contributed by atoms with Gasteiger partial charge in [-0.3, -0.25) is 4.79 Å². The lowest BCUT2D eigenvalue weighted by atomic mass is 10.2. The smallest absolute Gasteiger partial charge is 0.224 e. The molecule has 2 aromatic rings. The first-order chi connectivity index (χ1) is 10.7. The van der Waals surface area contributed by atoms with Crippen molar-refractivity contribution in [2.24, 2.45) is 0 Å². The summed E-state index contributed by atoms with van der Waals surface area (Å²) in [6, 6.07) is 7.79. The Kier molecular flexibility index (Phi) is 5.01. The fourth-order valence-electron chi connectivity index (χ4n) is 2.75. The molecule has 0 bridgehead atoms. The van der Waals surface area contributed by atoms with Crippen LogP contribution in [0.3, 0.4) is 0 Å². The van der Waals surface area contributed by atoms with Crippen LogP contribution in [0.4, 0.5) is 11.4 Å². The molecule has 22 heavy (non-hydrogen) atoms. The maximum Gasteiger partial charge on any atom is 0.224 e. The number of halogens is 1. The van der Waals surface area contributed by atoms with Crippen molar-refractivity contribution in [3.63, 3.8) is 0 Å². The van der Waals surface area contributed by atoms with Gasteiger partial charge in [0.2, 0.25) is 5.91 Å². The maximum absolute atomic E-state index is 12.2. The Hall–Kier alpha value is -1.52. The van der Waals surface area contributed by atoms with Crippen LogP contribution in [0, 0.1) is 0 Å². The molecule has 5 heteroatoms. The number of hydrogen-bond donors (Lipinski definition) is 1. The molecule has 1 saturated heterocycles. The van der Waals surface area contributed by atoms with Crippen molar-refractivity contribution < 1.29 is 4.79 Å². The number of nitrogens with one attached hydrogen (secondary N) is 1. The van der Waals surface area contributed by atoms with Gasteiger partial charge in [-0.25, -0.2) is 0 Å². The van der Waals surface area contributed by atoms with E-state index in [1.54, 1.807) is 11.3 Å². The molecule has 1 aromatic heterocycles. The fraction of sp³-hybridized carbons (Fsp3) is 0.353. The third-order valence-corrected chi connectivity index (χ3v) is 4.87. The molecule has 1 aromatic carbocycles. The van der Waals surface area contributed by atoms with Gasteiger partial charge >= 0.3 is 0 Å². The van der Waals surface area contributed by atoms with E-state index >= 15 is 0 Å². The zero-order valence-corrected chi connectivity index (χ0v) is 13.9. The summed E-state index contributed by atoms with van der Waals surface area (Å²) in [5.74, 6) is 0.0360. The molecule has 116 valence electrons. The highest BCUT2D eigenvalue weighted by molar-refractivity contribution is 7.07. The standard InChI is InChI=1S/C17H19ClN2OS/c18-14-4-5-16(20-8-1-2-9-20)15(11-14)19-17(21)6-3-13-7-10-22-12-13/h4-5,7,10-12H,1-3,6,8-9H2,(H,19,21). The van der Waals surface area contributed by atoms with Crippen molar-refractivity contribution in [3.8, 4) is 0 Å². The number of benzene rings is 1. The van der Waals surface area contributed by atoms with Crippen LogP contribution in [-0.4, -0.2) is 19.0 Å². The summed E-state index contributed by atoms with van der Waals surface area (Å²) in [6.07, 6.45) is 3.67. The average molecular weight is 335 g/mol. The molecular weight excluding hydrogens is 316 g/mol. The lowest BCUT2D eigenvalue weighted by molar-refractivity contribution is -0.116. The first-order valence-electron chi connectivity index (χ1n) is 7.58. The molecule has 3 rings (SSSR count).